The molecular formula is C14H24N2O2. The number of ether oxygens (including phenoxy) is 1. The molecule has 1 aromatic heterocycles. The fraction of sp³-hybridized carbons (Fsp3) is 0.786. The lowest BCUT2D eigenvalue weighted by Gasteiger charge is -2.36. The van der Waals surface area contributed by atoms with Crippen molar-refractivity contribution in [1.29, 1.82) is 0 Å². The minimum absolute atomic E-state index is 0.322. The van der Waals surface area contributed by atoms with Gasteiger partial charge in [0.15, 0.2) is 5.75 Å². The summed E-state index contributed by atoms with van der Waals surface area (Å²) in [5.41, 5.74) is 1.23. The third-order valence-corrected chi connectivity index (χ3v) is 4.28. The number of methoxy groups -OCH3 is 1. The van der Waals surface area contributed by atoms with Crippen LogP contribution in [0.4, 0.5) is 0 Å². The summed E-state index contributed by atoms with van der Waals surface area (Å²) < 4.78 is 7.00. The van der Waals surface area contributed by atoms with Crippen LogP contribution in [0.1, 0.15) is 51.3 Å². The monoisotopic (exact) mass is 252 g/mol. The van der Waals surface area contributed by atoms with Crippen LogP contribution in [0, 0.1) is 11.3 Å². The number of aliphatic hydroxyl groups excluding tert-OH is 1. The van der Waals surface area contributed by atoms with E-state index in [9.17, 15) is 5.11 Å². The lowest BCUT2D eigenvalue weighted by atomic mass is 9.71. The molecule has 18 heavy (non-hydrogen) atoms. The topological polar surface area (TPSA) is 47.3 Å². The molecule has 2 rings (SSSR count). The van der Waals surface area contributed by atoms with Gasteiger partial charge in [0.05, 0.1) is 13.3 Å². The number of aryl methyl sites for hydroxylation is 1. The zero-order chi connectivity index (χ0) is 13.3. The third kappa shape index (κ3) is 2.53. The average molecular weight is 252 g/mol. The molecule has 1 N–H and O–H groups in total. The van der Waals surface area contributed by atoms with Crippen LogP contribution in [0.25, 0.3) is 0 Å². The summed E-state index contributed by atoms with van der Waals surface area (Å²) >= 11 is 0. The van der Waals surface area contributed by atoms with Crippen molar-refractivity contribution in [1.82, 2.24) is 9.78 Å². The molecule has 1 aliphatic rings. The van der Waals surface area contributed by atoms with Crippen molar-refractivity contribution < 1.29 is 9.84 Å². The van der Waals surface area contributed by atoms with Crippen molar-refractivity contribution >= 4 is 0 Å². The number of nitrogens with zero attached hydrogens (tertiary/aromatic N) is 2. The van der Waals surface area contributed by atoms with Crippen molar-refractivity contribution in [3.8, 4) is 5.75 Å². The van der Waals surface area contributed by atoms with Crippen LogP contribution in [0.3, 0.4) is 0 Å². The van der Waals surface area contributed by atoms with Gasteiger partial charge in [0.1, 0.15) is 11.8 Å². The van der Waals surface area contributed by atoms with Gasteiger partial charge in [0, 0.05) is 7.05 Å². The van der Waals surface area contributed by atoms with Crippen molar-refractivity contribution in [2.75, 3.05) is 7.11 Å². The molecule has 4 nitrogen and oxygen atoms in total. The second-order valence-electron chi connectivity index (χ2n) is 6.17. The molecule has 1 unspecified atom stereocenters. The van der Waals surface area contributed by atoms with Crippen LogP contribution < -0.4 is 4.74 Å². The summed E-state index contributed by atoms with van der Waals surface area (Å²) in [5.74, 6) is 1.01. The van der Waals surface area contributed by atoms with Crippen LogP contribution in [-0.4, -0.2) is 22.0 Å². The maximum absolute atomic E-state index is 10.6. The van der Waals surface area contributed by atoms with Crippen LogP contribution in [-0.2, 0) is 7.05 Å². The summed E-state index contributed by atoms with van der Waals surface area (Å²) in [6, 6.07) is 0. The Morgan fingerprint density at radius 3 is 2.61 bits per heavy atom. The molecule has 0 aromatic carbocycles. The zero-order valence-electron chi connectivity index (χ0n) is 11.8. The second kappa shape index (κ2) is 4.92. The van der Waals surface area contributed by atoms with Crippen LogP contribution >= 0.6 is 0 Å². The highest BCUT2D eigenvalue weighted by atomic mass is 16.5. The van der Waals surface area contributed by atoms with E-state index in [1.165, 1.54) is 12.8 Å². The van der Waals surface area contributed by atoms with Crippen LogP contribution in [0.5, 0.6) is 5.75 Å². The van der Waals surface area contributed by atoms with Gasteiger partial charge >= 0.3 is 0 Å². The molecule has 0 aliphatic heterocycles. The summed E-state index contributed by atoms with van der Waals surface area (Å²) in [7, 11) is 3.48. The number of aromatic nitrogens is 2. The standard InChI is InChI=1S/C14H24N2O2/c1-14(2)7-5-10(6-8-14)13(17)12-11(18-4)9-15-16(12)3/h9-10,13,17H,5-8H2,1-4H3. The third-order valence-electron chi connectivity index (χ3n) is 4.28. The largest absolute Gasteiger partial charge is 0.493 e. The van der Waals surface area contributed by atoms with Crippen molar-refractivity contribution in [2.24, 2.45) is 18.4 Å². The lowest BCUT2D eigenvalue weighted by molar-refractivity contribution is 0.0496. The van der Waals surface area contributed by atoms with Crippen LogP contribution in [0.2, 0.25) is 0 Å². The highest BCUT2D eigenvalue weighted by Gasteiger charge is 2.33. The Kier molecular flexibility index (Phi) is 3.66. The second-order valence-corrected chi connectivity index (χ2v) is 6.17. The Morgan fingerprint density at radius 2 is 2.06 bits per heavy atom. The average Bonchev–Trinajstić information content (AvgIpc) is 2.69. The Balaban J connectivity index is 2.12. The Hall–Kier alpha value is -1.03. The summed E-state index contributed by atoms with van der Waals surface area (Å²) in [6.07, 6.45) is 5.70. The lowest BCUT2D eigenvalue weighted by Crippen LogP contribution is -2.26. The highest BCUT2D eigenvalue weighted by Crippen LogP contribution is 2.43. The summed E-state index contributed by atoms with van der Waals surface area (Å²) in [6.45, 7) is 4.61. The SMILES string of the molecule is COc1cnn(C)c1C(O)C1CCC(C)(C)CC1. The van der Waals surface area contributed by atoms with E-state index in [2.05, 4.69) is 18.9 Å². The molecule has 1 aromatic rings. The van der Waals surface area contributed by atoms with Gasteiger partial charge in [0.2, 0.25) is 0 Å². The number of hydrogen-bond donors (Lipinski definition) is 1. The quantitative estimate of drug-likeness (QED) is 0.899. The number of aliphatic hydroxyl groups is 1. The van der Waals surface area contributed by atoms with E-state index in [-0.39, 0.29) is 0 Å². The smallest absolute Gasteiger partial charge is 0.162 e. The van der Waals surface area contributed by atoms with Crippen LogP contribution in [0.15, 0.2) is 6.20 Å². The Bertz CT molecular complexity index is 402. The number of rotatable bonds is 3. The minimum Gasteiger partial charge on any atom is -0.493 e. The molecular weight excluding hydrogens is 228 g/mol. The molecule has 1 atom stereocenters. The molecule has 0 amide bonds. The first-order chi connectivity index (χ1) is 8.44. The van der Waals surface area contributed by atoms with Gasteiger partial charge in [-0.1, -0.05) is 13.8 Å². The van der Waals surface area contributed by atoms with Crippen molar-refractivity contribution in [3.05, 3.63) is 11.9 Å². The predicted molar refractivity (Wildman–Crippen MR) is 70.5 cm³/mol. The van der Waals surface area contributed by atoms with E-state index in [1.807, 2.05) is 7.05 Å². The first-order valence-electron chi connectivity index (χ1n) is 6.68. The maximum atomic E-state index is 10.6. The van der Waals surface area contributed by atoms with Crippen molar-refractivity contribution in [2.45, 2.75) is 45.6 Å². The van der Waals surface area contributed by atoms with E-state index in [0.29, 0.717) is 17.1 Å². The first kappa shape index (κ1) is 13.4. The molecule has 0 radical (unpaired) electrons. The molecule has 102 valence electrons. The molecule has 0 spiro atoms. The minimum atomic E-state index is -0.469. The molecule has 0 bridgehead atoms. The molecule has 1 fully saturated rings. The van der Waals surface area contributed by atoms with Crippen molar-refractivity contribution in [3.63, 3.8) is 0 Å². The molecule has 4 heteroatoms. The molecule has 1 heterocycles. The fourth-order valence-corrected chi connectivity index (χ4v) is 2.88. The van der Waals surface area contributed by atoms with Gasteiger partial charge < -0.3 is 9.84 Å². The Labute approximate surface area is 109 Å². The van der Waals surface area contributed by atoms with Gasteiger partial charge in [-0.2, -0.15) is 5.10 Å². The fourth-order valence-electron chi connectivity index (χ4n) is 2.88. The van der Waals surface area contributed by atoms with E-state index in [0.717, 1.165) is 18.5 Å². The molecule has 0 saturated heterocycles. The van der Waals surface area contributed by atoms with E-state index < -0.39 is 6.10 Å². The summed E-state index contributed by atoms with van der Waals surface area (Å²) in [4.78, 5) is 0. The van der Waals surface area contributed by atoms with Gasteiger partial charge in [-0.3, -0.25) is 4.68 Å². The molecule has 1 aliphatic carbocycles. The zero-order valence-corrected chi connectivity index (χ0v) is 11.8. The molecule has 1 saturated carbocycles. The van der Waals surface area contributed by atoms with Gasteiger partial charge in [-0.15, -0.1) is 0 Å². The first-order valence-corrected chi connectivity index (χ1v) is 6.68. The van der Waals surface area contributed by atoms with E-state index >= 15 is 0 Å². The summed E-state index contributed by atoms with van der Waals surface area (Å²) in [5, 5.41) is 14.7. The predicted octanol–water partition coefficient (Wildman–Crippen LogP) is 2.68. The normalized spacial score (nSPS) is 21.8. The highest BCUT2D eigenvalue weighted by molar-refractivity contribution is 5.27. The maximum Gasteiger partial charge on any atom is 0.162 e. The Morgan fingerprint density at radius 1 is 1.44 bits per heavy atom. The van der Waals surface area contributed by atoms with Gasteiger partial charge in [-0.25, -0.2) is 0 Å². The number of hydrogen-bond acceptors (Lipinski definition) is 3. The van der Waals surface area contributed by atoms with Gasteiger partial charge in [-0.05, 0) is 37.0 Å². The van der Waals surface area contributed by atoms with E-state index in [4.69, 9.17) is 4.74 Å². The van der Waals surface area contributed by atoms with Gasteiger partial charge in [0.25, 0.3) is 0 Å². The van der Waals surface area contributed by atoms with E-state index in [1.54, 1.807) is 18.0 Å².